The van der Waals surface area contributed by atoms with Crippen LogP contribution in [-0.2, 0) is 0 Å². The maximum atomic E-state index is 11.7. The van der Waals surface area contributed by atoms with E-state index in [1.165, 1.54) is 0 Å². The Bertz CT molecular complexity index is 571. The fourth-order valence-corrected chi connectivity index (χ4v) is 1.85. The summed E-state index contributed by atoms with van der Waals surface area (Å²) >= 11 is 0. The van der Waals surface area contributed by atoms with Gasteiger partial charge in [0.25, 0.3) is 5.91 Å². The maximum Gasteiger partial charge on any atom is 0.269 e. The SMILES string of the molecule is CCNC(=O)c1cc(NC(C)c2ccccn2)ccn1. The predicted octanol–water partition coefficient (Wildman–Crippen LogP) is 2.40. The molecule has 5 heteroatoms. The first-order valence-electron chi connectivity index (χ1n) is 6.62. The number of hydrogen-bond acceptors (Lipinski definition) is 4. The van der Waals surface area contributed by atoms with E-state index in [9.17, 15) is 4.79 Å². The van der Waals surface area contributed by atoms with E-state index in [1.54, 1.807) is 18.5 Å². The van der Waals surface area contributed by atoms with Crippen LogP contribution < -0.4 is 10.6 Å². The van der Waals surface area contributed by atoms with Crippen LogP contribution in [0.1, 0.15) is 36.1 Å². The smallest absolute Gasteiger partial charge is 0.269 e. The van der Waals surface area contributed by atoms with Gasteiger partial charge in [0.05, 0.1) is 11.7 Å². The number of nitrogens with one attached hydrogen (secondary N) is 2. The highest BCUT2D eigenvalue weighted by molar-refractivity contribution is 5.93. The van der Waals surface area contributed by atoms with E-state index in [1.807, 2.05) is 38.1 Å². The molecule has 0 aliphatic rings. The molecule has 2 heterocycles. The van der Waals surface area contributed by atoms with Crippen LogP contribution in [0.5, 0.6) is 0 Å². The summed E-state index contributed by atoms with van der Waals surface area (Å²) in [6, 6.07) is 9.43. The van der Waals surface area contributed by atoms with Crippen molar-refractivity contribution in [2.45, 2.75) is 19.9 Å². The second-order valence-electron chi connectivity index (χ2n) is 4.41. The number of pyridine rings is 2. The fraction of sp³-hybridized carbons (Fsp3) is 0.267. The molecule has 0 saturated carbocycles. The monoisotopic (exact) mass is 270 g/mol. The minimum Gasteiger partial charge on any atom is -0.377 e. The van der Waals surface area contributed by atoms with Crippen molar-refractivity contribution in [3.8, 4) is 0 Å². The predicted molar refractivity (Wildman–Crippen MR) is 78.5 cm³/mol. The van der Waals surface area contributed by atoms with Crippen LogP contribution in [0.25, 0.3) is 0 Å². The van der Waals surface area contributed by atoms with Gasteiger partial charge in [-0.15, -0.1) is 0 Å². The highest BCUT2D eigenvalue weighted by Gasteiger charge is 2.09. The molecule has 2 rings (SSSR count). The molecule has 104 valence electrons. The Balaban J connectivity index is 2.10. The maximum absolute atomic E-state index is 11.7. The van der Waals surface area contributed by atoms with E-state index in [-0.39, 0.29) is 11.9 Å². The van der Waals surface area contributed by atoms with Crippen molar-refractivity contribution < 1.29 is 4.79 Å². The summed E-state index contributed by atoms with van der Waals surface area (Å²) in [5, 5.41) is 6.05. The first-order valence-corrected chi connectivity index (χ1v) is 6.62. The van der Waals surface area contributed by atoms with E-state index >= 15 is 0 Å². The Hall–Kier alpha value is -2.43. The van der Waals surface area contributed by atoms with Crippen LogP contribution >= 0.6 is 0 Å². The van der Waals surface area contributed by atoms with Crippen LogP contribution in [0.15, 0.2) is 42.7 Å². The third kappa shape index (κ3) is 3.54. The minimum atomic E-state index is -0.165. The lowest BCUT2D eigenvalue weighted by Gasteiger charge is -2.15. The fourth-order valence-electron chi connectivity index (χ4n) is 1.85. The lowest BCUT2D eigenvalue weighted by atomic mass is 10.2. The first-order chi connectivity index (χ1) is 9.70. The summed E-state index contributed by atoms with van der Waals surface area (Å²) in [6.45, 7) is 4.49. The van der Waals surface area contributed by atoms with Gasteiger partial charge in [0.1, 0.15) is 5.69 Å². The number of amides is 1. The van der Waals surface area contributed by atoms with Gasteiger partial charge in [0.2, 0.25) is 0 Å². The van der Waals surface area contributed by atoms with Crippen molar-refractivity contribution in [2.24, 2.45) is 0 Å². The summed E-state index contributed by atoms with van der Waals surface area (Å²) in [4.78, 5) is 20.1. The summed E-state index contributed by atoms with van der Waals surface area (Å²) in [6.07, 6.45) is 3.39. The molecule has 20 heavy (non-hydrogen) atoms. The molecule has 2 aromatic heterocycles. The van der Waals surface area contributed by atoms with Gasteiger partial charge in [0, 0.05) is 24.6 Å². The molecule has 0 saturated heterocycles. The van der Waals surface area contributed by atoms with E-state index < -0.39 is 0 Å². The van der Waals surface area contributed by atoms with Crippen LogP contribution in [0.2, 0.25) is 0 Å². The average Bonchev–Trinajstić information content (AvgIpc) is 2.48. The highest BCUT2D eigenvalue weighted by atomic mass is 16.1. The molecule has 0 aliphatic carbocycles. The van der Waals surface area contributed by atoms with Gasteiger partial charge in [-0.2, -0.15) is 0 Å². The zero-order valence-corrected chi connectivity index (χ0v) is 11.6. The molecule has 2 N–H and O–H groups in total. The normalized spacial score (nSPS) is 11.7. The molecule has 1 atom stereocenters. The molecule has 0 fully saturated rings. The molecule has 0 aliphatic heterocycles. The lowest BCUT2D eigenvalue weighted by Crippen LogP contribution is -2.23. The molecule has 1 amide bonds. The van der Waals surface area contributed by atoms with Crippen LogP contribution in [-0.4, -0.2) is 22.4 Å². The van der Waals surface area contributed by atoms with Crippen molar-refractivity contribution in [2.75, 3.05) is 11.9 Å². The van der Waals surface area contributed by atoms with E-state index in [0.717, 1.165) is 11.4 Å². The Morgan fingerprint density at radius 2 is 2.10 bits per heavy atom. The first kappa shape index (κ1) is 14.0. The Morgan fingerprint density at radius 1 is 1.25 bits per heavy atom. The molecule has 0 bridgehead atoms. The second-order valence-corrected chi connectivity index (χ2v) is 4.41. The van der Waals surface area contributed by atoms with E-state index in [2.05, 4.69) is 20.6 Å². The topological polar surface area (TPSA) is 66.9 Å². The zero-order valence-electron chi connectivity index (χ0n) is 11.6. The largest absolute Gasteiger partial charge is 0.377 e. The summed E-state index contributed by atoms with van der Waals surface area (Å²) in [7, 11) is 0. The quantitative estimate of drug-likeness (QED) is 0.875. The Kier molecular flexibility index (Phi) is 4.65. The molecule has 1 unspecified atom stereocenters. The number of anilines is 1. The van der Waals surface area contributed by atoms with Gasteiger partial charge in [-0.1, -0.05) is 6.07 Å². The second kappa shape index (κ2) is 6.65. The zero-order chi connectivity index (χ0) is 14.4. The Morgan fingerprint density at radius 3 is 2.80 bits per heavy atom. The van der Waals surface area contributed by atoms with Gasteiger partial charge in [0.15, 0.2) is 0 Å². The summed E-state index contributed by atoms with van der Waals surface area (Å²) < 4.78 is 0. The summed E-state index contributed by atoms with van der Waals surface area (Å²) in [5.41, 5.74) is 2.20. The van der Waals surface area contributed by atoms with Crippen molar-refractivity contribution in [1.29, 1.82) is 0 Å². The molecule has 0 aromatic carbocycles. The standard InChI is InChI=1S/C15H18N4O/c1-3-16-15(20)14-10-12(7-9-18-14)19-11(2)13-6-4-5-8-17-13/h4-11H,3H2,1-2H3,(H,16,20)(H,18,19). The average molecular weight is 270 g/mol. The molecular formula is C15H18N4O. The van der Waals surface area contributed by atoms with Crippen LogP contribution in [0.3, 0.4) is 0 Å². The molecule has 0 radical (unpaired) electrons. The number of rotatable bonds is 5. The van der Waals surface area contributed by atoms with Gasteiger partial charge in [-0.3, -0.25) is 14.8 Å². The van der Waals surface area contributed by atoms with E-state index in [0.29, 0.717) is 12.2 Å². The summed E-state index contributed by atoms with van der Waals surface area (Å²) in [5.74, 6) is -0.165. The third-order valence-electron chi connectivity index (χ3n) is 2.84. The number of hydrogen-bond donors (Lipinski definition) is 2. The van der Waals surface area contributed by atoms with Crippen molar-refractivity contribution >= 4 is 11.6 Å². The van der Waals surface area contributed by atoms with Crippen LogP contribution in [0, 0.1) is 0 Å². The molecule has 2 aromatic rings. The minimum absolute atomic E-state index is 0.0562. The number of carbonyl (C=O) groups is 1. The van der Waals surface area contributed by atoms with E-state index in [4.69, 9.17) is 0 Å². The molecule has 5 nitrogen and oxygen atoms in total. The highest BCUT2D eigenvalue weighted by Crippen LogP contribution is 2.17. The molecule has 0 spiro atoms. The lowest BCUT2D eigenvalue weighted by molar-refractivity contribution is 0.0951. The number of aromatic nitrogens is 2. The van der Waals surface area contributed by atoms with Gasteiger partial charge in [-0.05, 0) is 38.1 Å². The van der Waals surface area contributed by atoms with Crippen LogP contribution in [0.4, 0.5) is 5.69 Å². The van der Waals surface area contributed by atoms with Gasteiger partial charge < -0.3 is 10.6 Å². The van der Waals surface area contributed by atoms with Crippen molar-refractivity contribution in [3.05, 3.63) is 54.1 Å². The van der Waals surface area contributed by atoms with Crippen molar-refractivity contribution in [3.63, 3.8) is 0 Å². The third-order valence-corrected chi connectivity index (χ3v) is 2.84. The number of nitrogens with zero attached hydrogens (tertiary/aromatic N) is 2. The van der Waals surface area contributed by atoms with Crippen molar-refractivity contribution in [1.82, 2.24) is 15.3 Å². The number of carbonyl (C=O) groups excluding carboxylic acids is 1. The Labute approximate surface area is 118 Å². The van der Waals surface area contributed by atoms with Gasteiger partial charge >= 0.3 is 0 Å². The van der Waals surface area contributed by atoms with Gasteiger partial charge in [-0.25, -0.2) is 0 Å². The molecular weight excluding hydrogens is 252 g/mol.